The second-order valence-electron chi connectivity index (χ2n) is 6.65. The van der Waals surface area contributed by atoms with Crippen LogP contribution in [0.5, 0.6) is 0 Å². The highest BCUT2D eigenvalue weighted by molar-refractivity contribution is 5.77. The molecule has 0 aliphatic heterocycles. The van der Waals surface area contributed by atoms with Crippen LogP contribution in [0.3, 0.4) is 0 Å². The molecule has 0 atom stereocenters. The average molecular weight is 343 g/mol. The molecular weight excluding hydrogens is 322 g/mol. The number of aromatic nitrogens is 4. The van der Waals surface area contributed by atoms with Crippen LogP contribution in [0.15, 0.2) is 60.9 Å². The number of para-hydroxylation sites is 2. The molecule has 130 valence electrons. The molecule has 4 aromatic rings. The molecule has 0 saturated carbocycles. The van der Waals surface area contributed by atoms with Gasteiger partial charge in [-0.05, 0) is 42.7 Å². The topological polar surface area (TPSA) is 55.6 Å². The first-order chi connectivity index (χ1) is 12.6. The van der Waals surface area contributed by atoms with Crippen molar-refractivity contribution in [2.45, 2.75) is 26.7 Å². The number of hydrogen-bond acceptors (Lipinski definition) is 4. The molecule has 2 heterocycles. The molecule has 0 saturated heterocycles. The highest BCUT2D eigenvalue weighted by atomic mass is 15.2. The Bertz CT molecular complexity index is 1050. The highest BCUT2D eigenvalue weighted by Crippen LogP contribution is 2.22. The van der Waals surface area contributed by atoms with Gasteiger partial charge in [-0.2, -0.15) is 0 Å². The van der Waals surface area contributed by atoms with Crippen LogP contribution in [-0.2, 0) is 0 Å². The third-order valence-corrected chi connectivity index (χ3v) is 4.43. The molecule has 0 bridgehead atoms. The van der Waals surface area contributed by atoms with E-state index in [4.69, 9.17) is 4.98 Å². The van der Waals surface area contributed by atoms with Gasteiger partial charge in [-0.15, -0.1) is 0 Å². The first-order valence-corrected chi connectivity index (χ1v) is 8.75. The van der Waals surface area contributed by atoms with E-state index in [1.807, 2.05) is 35.8 Å². The van der Waals surface area contributed by atoms with Crippen molar-refractivity contribution in [1.29, 1.82) is 0 Å². The van der Waals surface area contributed by atoms with Crippen molar-refractivity contribution in [3.8, 4) is 5.82 Å². The monoisotopic (exact) mass is 343 g/mol. The molecule has 1 N–H and O–H groups in total. The fraction of sp³-hybridized carbons (Fsp3) is 0.190. The van der Waals surface area contributed by atoms with Crippen LogP contribution in [0.1, 0.15) is 31.2 Å². The van der Waals surface area contributed by atoms with E-state index in [2.05, 4.69) is 53.4 Å². The van der Waals surface area contributed by atoms with Gasteiger partial charge in [0.15, 0.2) is 11.6 Å². The lowest BCUT2D eigenvalue weighted by atomic mass is 10.0. The molecule has 0 spiro atoms. The normalized spacial score (nSPS) is 11.2. The lowest BCUT2D eigenvalue weighted by Crippen LogP contribution is -2.03. The largest absolute Gasteiger partial charge is 0.339 e. The average Bonchev–Trinajstić information content (AvgIpc) is 2.98. The number of hydrogen-bond donors (Lipinski definition) is 1. The van der Waals surface area contributed by atoms with Gasteiger partial charge in [0.1, 0.15) is 5.82 Å². The molecule has 2 aromatic heterocycles. The zero-order valence-electron chi connectivity index (χ0n) is 15.1. The molecule has 0 unspecified atom stereocenters. The van der Waals surface area contributed by atoms with Gasteiger partial charge in [0.05, 0.1) is 23.4 Å². The lowest BCUT2D eigenvalue weighted by Gasteiger charge is -2.10. The summed E-state index contributed by atoms with van der Waals surface area (Å²) in [5.41, 5.74) is 4.29. The number of nitrogens with zero attached hydrogens (tertiary/aromatic N) is 4. The van der Waals surface area contributed by atoms with E-state index in [9.17, 15) is 0 Å². The van der Waals surface area contributed by atoms with E-state index in [1.54, 1.807) is 12.4 Å². The maximum Gasteiger partial charge on any atom is 0.159 e. The number of nitrogens with one attached hydrogen (secondary N) is 1. The SMILES string of the molecule is Cc1nc2ccccc2n1-c1cncc(Nc2ccc(C(C)C)cc2)n1. The molecule has 5 nitrogen and oxygen atoms in total. The zero-order chi connectivity index (χ0) is 18.1. The van der Waals surface area contributed by atoms with Crippen molar-refractivity contribution < 1.29 is 0 Å². The van der Waals surface area contributed by atoms with Crippen molar-refractivity contribution in [2.75, 3.05) is 5.32 Å². The third-order valence-electron chi connectivity index (χ3n) is 4.43. The number of aryl methyl sites for hydroxylation is 1. The van der Waals surface area contributed by atoms with Gasteiger partial charge in [-0.3, -0.25) is 9.55 Å². The van der Waals surface area contributed by atoms with Crippen LogP contribution in [0.25, 0.3) is 16.9 Å². The molecule has 5 heteroatoms. The molecule has 0 aliphatic rings. The Balaban J connectivity index is 1.67. The summed E-state index contributed by atoms with van der Waals surface area (Å²) in [6, 6.07) is 16.5. The zero-order valence-corrected chi connectivity index (χ0v) is 15.1. The van der Waals surface area contributed by atoms with E-state index >= 15 is 0 Å². The van der Waals surface area contributed by atoms with Crippen LogP contribution in [0, 0.1) is 6.92 Å². The Morgan fingerprint density at radius 3 is 2.46 bits per heavy atom. The van der Waals surface area contributed by atoms with Crippen LogP contribution in [0.2, 0.25) is 0 Å². The van der Waals surface area contributed by atoms with Crippen LogP contribution in [0.4, 0.5) is 11.5 Å². The summed E-state index contributed by atoms with van der Waals surface area (Å²) in [5, 5.41) is 3.33. The number of imidazole rings is 1. The first-order valence-electron chi connectivity index (χ1n) is 8.75. The van der Waals surface area contributed by atoms with Gasteiger partial charge in [0.25, 0.3) is 0 Å². The van der Waals surface area contributed by atoms with Gasteiger partial charge < -0.3 is 5.32 Å². The molecule has 2 aromatic carbocycles. The molecule has 0 amide bonds. The summed E-state index contributed by atoms with van der Waals surface area (Å²) in [5.74, 6) is 2.86. The summed E-state index contributed by atoms with van der Waals surface area (Å²) in [7, 11) is 0. The summed E-state index contributed by atoms with van der Waals surface area (Å²) < 4.78 is 2.02. The molecular formula is C21H21N5. The number of rotatable bonds is 4. The highest BCUT2D eigenvalue weighted by Gasteiger charge is 2.11. The van der Waals surface area contributed by atoms with Gasteiger partial charge >= 0.3 is 0 Å². The van der Waals surface area contributed by atoms with E-state index in [-0.39, 0.29) is 0 Å². The molecule has 26 heavy (non-hydrogen) atoms. The fourth-order valence-corrected chi connectivity index (χ4v) is 3.06. The fourth-order valence-electron chi connectivity index (χ4n) is 3.06. The number of fused-ring (bicyclic) bond motifs is 1. The van der Waals surface area contributed by atoms with Crippen LogP contribution >= 0.6 is 0 Å². The Morgan fingerprint density at radius 1 is 0.923 bits per heavy atom. The van der Waals surface area contributed by atoms with Crippen molar-refractivity contribution in [2.24, 2.45) is 0 Å². The predicted octanol–water partition coefficient (Wildman–Crippen LogP) is 4.99. The van der Waals surface area contributed by atoms with E-state index in [0.717, 1.165) is 28.4 Å². The van der Waals surface area contributed by atoms with Crippen molar-refractivity contribution in [3.05, 3.63) is 72.3 Å². The standard InChI is InChI=1S/C21H21N5/c1-14(2)16-8-10-17(11-9-16)24-20-12-22-13-21(25-20)26-15(3)23-18-6-4-5-7-19(18)26/h4-14H,1-3H3,(H,24,25). The first kappa shape index (κ1) is 16.3. The van der Waals surface area contributed by atoms with Crippen molar-refractivity contribution in [3.63, 3.8) is 0 Å². The van der Waals surface area contributed by atoms with Gasteiger partial charge in [-0.25, -0.2) is 9.97 Å². The minimum absolute atomic E-state index is 0.518. The minimum Gasteiger partial charge on any atom is -0.339 e. The van der Waals surface area contributed by atoms with Crippen LogP contribution in [-0.4, -0.2) is 19.5 Å². The second-order valence-corrected chi connectivity index (χ2v) is 6.65. The Kier molecular flexibility index (Phi) is 4.13. The van der Waals surface area contributed by atoms with Crippen molar-refractivity contribution in [1.82, 2.24) is 19.5 Å². The third kappa shape index (κ3) is 3.04. The Hall–Kier alpha value is -3.21. The predicted molar refractivity (Wildman–Crippen MR) is 105 cm³/mol. The van der Waals surface area contributed by atoms with Crippen LogP contribution < -0.4 is 5.32 Å². The summed E-state index contributed by atoms with van der Waals surface area (Å²) in [4.78, 5) is 13.7. The maximum atomic E-state index is 4.73. The molecule has 0 radical (unpaired) electrons. The van der Waals surface area contributed by atoms with Gasteiger partial charge in [0.2, 0.25) is 0 Å². The summed E-state index contributed by atoms with van der Waals surface area (Å²) >= 11 is 0. The molecule has 0 aliphatic carbocycles. The van der Waals surface area contributed by atoms with E-state index in [1.165, 1.54) is 5.56 Å². The van der Waals surface area contributed by atoms with Crippen molar-refractivity contribution >= 4 is 22.5 Å². The maximum absolute atomic E-state index is 4.73. The summed E-state index contributed by atoms with van der Waals surface area (Å²) in [6.07, 6.45) is 3.49. The lowest BCUT2D eigenvalue weighted by molar-refractivity contribution is 0.867. The van der Waals surface area contributed by atoms with Gasteiger partial charge in [-0.1, -0.05) is 38.1 Å². The smallest absolute Gasteiger partial charge is 0.159 e. The Morgan fingerprint density at radius 2 is 1.69 bits per heavy atom. The van der Waals surface area contributed by atoms with E-state index < -0.39 is 0 Å². The minimum atomic E-state index is 0.518. The van der Waals surface area contributed by atoms with Gasteiger partial charge in [0, 0.05) is 5.69 Å². The molecule has 4 rings (SSSR count). The summed E-state index contributed by atoms with van der Waals surface area (Å²) in [6.45, 7) is 6.36. The molecule has 0 fully saturated rings. The number of benzene rings is 2. The number of anilines is 2. The second kappa shape index (κ2) is 6.59. The Labute approximate surface area is 152 Å². The quantitative estimate of drug-likeness (QED) is 0.567. The van der Waals surface area contributed by atoms with E-state index in [0.29, 0.717) is 11.7 Å².